The highest BCUT2D eigenvalue weighted by molar-refractivity contribution is 6.44. The number of fused-ring (bicyclic) bond motifs is 1. The number of rotatable bonds is 3. The molecule has 1 saturated heterocycles. The molecule has 3 amide bonds. The molecule has 0 aromatic heterocycles. The summed E-state index contributed by atoms with van der Waals surface area (Å²) in [5, 5.41) is 3.33. The molecule has 2 aromatic rings. The van der Waals surface area contributed by atoms with E-state index in [4.69, 9.17) is 23.2 Å². The number of hydrogen-bond acceptors (Lipinski definition) is 3. The number of amides is 3. The van der Waals surface area contributed by atoms with Gasteiger partial charge in [-0.25, -0.2) is 0 Å². The van der Waals surface area contributed by atoms with E-state index >= 15 is 0 Å². The van der Waals surface area contributed by atoms with Gasteiger partial charge >= 0.3 is 0 Å². The van der Waals surface area contributed by atoms with Gasteiger partial charge in [0.25, 0.3) is 5.91 Å². The summed E-state index contributed by atoms with van der Waals surface area (Å²) in [6, 6.07) is 11.4. The van der Waals surface area contributed by atoms with Crippen LogP contribution in [0.2, 0.25) is 10.0 Å². The zero-order valence-electron chi connectivity index (χ0n) is 15.8. The van der Waals surface area contributed by atoms with E-state index in [0.717, 1.165) is 19.3 Å². The largest absolute Gasteiger partial charge is 0.321 e. The van der Waals surface area contributed by atoms with Gasteiger partial charge < -0.3 is 5.32 Å². The van der Waals surface area contributed by atoms with Crippen LogP contribution in [0.25, 0.3) is 0 Å². The molecule has 1 heterocycles. The summed E-state index contributed by atoms with van der Waals surface area (Å²) in [6.07, 6.45) is 2.49. The van der Waals surface area contributed by atoms with Gasteiger partial charge in [-0.1, -0.05) is 36.2 Å². The molecule has 0 unspecified atom stereocenters. The van der Waals surface area contributed by atoms with Crippen LogP contribution in [0.15, 0.2) is 42.5 Å². The number of nitrogens with one attached hydrogen (secondary N) is 1. The van der Waals surface area contributed by atoms with Crippen LogP contribution in [-0.2, 0) is 9.59 Å². The first kappa shape index (κ1) is 19.9. The SMILES string of the molecule is C[C@H]1CC[C@@H]2C(=O)N(c3ccc(C(=O)Nc4cccc(Cl)c4Cl)cc3)C(=O)[C@@H]2C1. The summed E-state index contributed by atoms with van der Waals surface area (Å²) in [4.78, 5) is 39.4. The van der Waals surface area contributed by atoms with Gasteiger partial charge in [0.05, 0.1) is 33.3 Å². The zero-order valence-corrected chi connectivity index (χ0v) is 17.3. The summed E-state index contributed by atoms with van der Waals surface area (Å²) in [7, 11) is 0. The molecule has 29 heavy (non-hydrogen) atoms. The summed E-state index contributed by atoms with van der Waals surface area (Å²) in [5.74, 6) is -0.602. The van der Waals surface area contributed by atoms with Crippen LogP contribution in [0.4, 0.5) is 11.4 Å². The Hall–Kier alpha value is -2.37. The highest BCUT2D eigenvalue weighted by Gasteiger charge is 2.49. The van der Waals surface area contributed by atoms with E-state index in [1.807, 2.05) is 0 Å². The number of carbonyl (C=O) groups is 3. The van der Waals surface area contributed by atoms with Crippen molar-refractivity contribution >= 4 is 52.3 Å². The van der Waals surface area contributed by atoms with E-state index in [2.05, 4.69) is 12.2 Å². The molecule has 0 spiro atoms. The average molecular weight is 431 g/mol. The molecule has 1 aliphatic carbocycles. The smallest absolute Gasteiger partial charge is 0.255 e. The zero-order chi connectivity index (χ0) is 20.7. The third kappa shape index (κ3) is 3.65. The van der Waals surface area contributed by atoms with E-state index in [1.165, 1.54) is 4.90 Å². The molecule has 2 aromatic carbocycles. The molecule has 0 bridgehead atoms. The lowest BCUT2D eigenvalue weighted by atomic mass is 9.76. The lowest BCUT2D eigenvalue weighted by molar-refractivity contribution is -0.122. The van der Waals surface area contributed by atoms with E-state index in [-0.39, 0.29) is 34.6 Å². The highest BCUT2D eigenvalue weighted by atomic mass is 35.5. The van der Waals surface area contributed by atoms with Crippen molar-refractivity contribution in [3.63, 3.8) is 0 Å². The van der Waals surface area contributed by atoms with E-state index < -0.39 is 0 Å². The van der Waals surface area contributed by atoms with Gasteiger partial charge in [0.2, 0.25) is 11.8 Å². The van der Waals surface area contributed by atoms with Gasteiger partial charge in [-0.2, -0.15) is 0 Å². The summed E-state index contributed by atoms with van der Waals surface area (Å²) < 4.78 is 0. The highest BCUT2D eigenvalue weighted by Crippen LogP contribution is 2.42. The van der Waals surface area contributed by atoms with Crippen LogP contribution < -0.4 is 10.2 Å². The molecule has 150 valence electrons. The molecular weight excluding hydrogens is 411 g/mol. The Morgan fingerprint density at radius 1 is 1.00 bits per heavy atom. The second-order valence-corrected chi connectivity index (χ2v) is 8.53. The van der Waals surface area contributed by atoms with Crippen molar-refractivity contribution < 1.29 is 14.4 Å². The summed E-state index contributed by atoms with van der Waals surface area (Å²) in [6.45, 7) is 2.12. The van der Waals surface area contributed by atoms with Crippen LogP contribution in [0.3, 0.4) is 0 Å². The average Bonchev–Trinajstić information content (AvgIpc) is 2.95. The lowest BCUT2D eigenvalue weighted by Crippen LogP contribution is -2.30. The second kappa shape index (κ2) is 7.81. The van der Waals surface area contributed by atoms with Gasteiger partial charge in [-0.3, -0.25) is 19.3 Å². The van der Waals surface area contributed by atoms with Gasteiger partial charge in [-0.05, 0) is 61.6 Å². The quantitative estimate of drug-likeness (QED) is 0.682. The molecular formula is C22H20Cl2N2O3. The third-order valence-electron chi connectivity index (χ3n) is 5.78. The molecule has 1 saturated carbocycles. The fraction of sp³-hybridized carbons (Fsp3) is 0.318. The van der Waals surface area contributed by atoms with Gasteiger partial charge in [-0.15, -0.1) is 0 Å². The lowest BCUT2D eigenvalue weighted by Gasteiger charge is -2.25. The minimum Gasteiger partial charge on any atom is -0.321 e. The number of hydrogen-bond donors (Lipinski definition) is 1. The maximum atomic E-state index is 12.8. The number of benzene rings is 2. The summed E-state index contributed by atoms with van der Waals surface area (Å²) >= 11 is 12.1. The van der Waals surface area contributed by atoms with Crippen LogP contribution in [0.5, 0.6) is 0 Å². The summed E-state index contributed by atoms with van der Waals surface area (Å²) in [5.41, 5.74) is 1.30. The first-order chi connectivity index (χ1) is 13.9. The van der Waals surface area contributed by atoms with Gasteiger partial charge in [0.15, 0.2) is 0 Å². The molecule has 3 atom stereocenters. The molecule has 7 heteroatoms. The van der Waals surface area contributed by atoms with Crippen LogP contribution in [-0.4, -0.2) is 17.7 Å². The molecule has 1 N–H and O–H groups in total. The predicted molar refractivity (Wildman–Crippen MR) is 113 cm³/mol. The Balaban J connectivity index is 1.52. The van der Waals surface area contributed by atoms with E-state index in [0.29, 0.717) is 27.9 Å². The number of carbonyl (C=O) groups excluding carboxylic acids is 3. The monoisotopic (exact) mass is 430 g/mol. The van der Waals surface area contributed by atoms with Crippen LogP contribution in [0.1, 0.15) is 36.5 Å². The second-order valence-electron chi connectivity index (χ2n) is 7.75. The van der Waals surface area contributed by atoms with Crippen molar-refractivity contribution in [2.75, 3.05) is 10.2 Å². The molecule has 1 aliphatic heterocycles. The molecule has 2 fully saturated rings. The number of nitrogens with zero attached hydrogens (tertiary/aromatic N) is 1. The standard InChI is InChI=1S/C22H20Cl2N2O3/c1-12-5-10-15-16(11-12)22(29)26(21(15)28)14-8-6-13(7-9-14)20(27)25-18-4-2-3-17(23)19(18)24/h2-4,6-9,12,15-16H,5,10-11H2,1H3,(H,25,27)/t12-,15-,16+/m0/s1. The van der Waals surface area contributed by atoms with Crippen molar-refractivity contribution in [3.05, 3.63) is 58.1 Å². The fourth-order valence-electron chi connectivity index (χ4n) is 4.20. The van der Waals surface area contributed by atoms with Crippen molar-refractivity contribution in [2.45, 2.75) is 26.2 Å². The van der Waals surface area contributed by atoms with Crippen molar-refractivity contribution in [1.29, 1.82) is 0 Å². The fourth-order valence-corrected chi connectivity index (χ4v) is 4.55. The Kier molecular flexibility index (Phi) is 5.36. The molecule has 5 nitrogen and oxygen atoms in total. The van der Waals surface area contributed by atoms with E-state index in [9.17, 15) is 14.4 Å². The Morgan fingerprint density at radius 2 is 1.69 bits per heavy atom. The van der Waals surface area contributed by atoms with Crippen molar-refractivity contribution in [1.82, 2.24) is 0 Å². The minimum absolute atomic E-state index is 0.130. The maximum absolute atomic E-state index is 12.8. The third-order valence-corrected chi connectivity index (χ3v) is 6.59. The van der Waals surface area contributed by atoms with E-state index in [1.54, 1.807) is 42.5 Å². The van der Waals surface area contributed by atoms with Crippen molar-refractivity contribution in [3.8, 4) is 0 Å². The number of imide groups is 1. The Labute approximate surface area is 179 Å². The Bertz CT molecular complexity index is 990. The van der Waals surface area contributed by atoms with Gasteiger partial charge in [0.1, 0.15) is 0 Å². The molecule has 2 aliphatic rings. The molecule has 4 rings (SSSR count). The van der Waals surface area contributed by atoms with Crippen molar-refractivity contribution in [2.24, 2.45) is 17.8 Å². The maximum Gasteiger partial charge on any atom is 0.255 e. The van der Waals surface area contributed by atoms with Crippen LogP contribution in [0, 0.1) is 17.8 Å². The predicted octanol–water partition coefficient (Wildman–Crippen LogP) is 5.17. The first-order valence-corrected chi connectivity index (χ1v) is 10.4. The minimum atomic E-state index is -0.359. The number of halogens is 2. The Morgan fingerprint density at radius 3 is 2.41 bits per heavy atom. The normalized spacial score (nSPS) is 23.8. The number of anilines is 2. The van der Waals surface area contributed by atoms with Crippen LogP contribution >= 0.6 is 23.2 Å². The topological polar surface area (TPSA) is 66.5 Å². The first-order valence-electron chi connectivity index (χ1n) is 9.60. The van der Waals surface area contributed by atoms with Gasteiger partial charge in [0, 0.05) is 5.56 Å². The molecule has 0 radical (unpaired) electrons.